The van der Waals surface area contributed by atoms with E-state index in [9.17, 15) is 14.4 Å². The Balaban J connectivity index is 1.69. The molecule has 2 heterocycles. The predicted octanol–water partition coefficient (Wildman–Crippen LogP) is 0.270. The van der Waals surface area contributed by atoms with Crippen molar-refractivity contribution in [1.82, 2.24) is 15.1 Å². The van der Waals surface area contributed by atoms with Gasteiger partial charge in [0.05, 0.1) is 0 Å². The Kier molecular flexibility index (Phi) is 4.04. The van der Waals surface area contributed by atoms with Crippen LogP contribution in [0.2, 0.25) is 0 Å². The first-order valence-electron chi connectivity index (χ1n) is 8.02. The summed E-state index contributed by atoms with van der Waals surface area (Å²) in [5.41, 5.74) is 6.29. The van der Waals surface area contributed by atoms with Crippen LogP contribution in [0.25, 0.3) is 0 Å². The Morgan fingerprint density at radius 3 is 2.50 bits per heavy atom. The quantitative estimate of drug-likeness (QED) is 0.778. The second-order valence-corrected chi connectivity index (χ2v) is 6.88. The average Bonchev–Trinajstić information content (AvgIpc) is 3.02. The first kappa shape index (κ1) is 16.4. The SMILES string of the molecule is CC1(C)C(=O)NC(=O)N1CC(=O)N1C[C@@H](N)[C@H](c2ccccc2)C1. The van der Waals surface area contributed by atoms with Crippen molar-refractivity contribution in [2.45, 2.75) is 31.3 Å². The van der Waals surface area contributed by atoms with E-state index in [1.165, 1.54) is 4.90 Å². The van der Waals surface area contributed by atoms with Crippen molar-refractivity contribution in [3.8, 4) is 0 Å². The molecule has 3 rings (SSSR count). The molecule has 0 radical (unpaired) electrons. The van der Waals surface area contributed by atoms with Gasteiger partial charge in [-0.1, -0.05) is 30.3 Å². The number of imide groups is 1. The highest BCUT2D eigenvalue weighted by molar-refractivity contribution is 6.07. The van der Waals surface area contributed by atoms with Crippen molar-refractivity contribution in [2.75, 3.05) is 19.6 Å². The molecule has 2 saturated heterocycles. The molecule has 128 valence electrons. The van der Waals surface area contributed by atoms with Crippen LogP contribution in [0, 0.1) is 0 Å². The lowest BCUT2D eigenvalue weighted by molar-refractivity contribution is -0.132. The number of urea groups is 1. The molecule has 0 spiro atoms. The van der Waals surface area contributed by atoms with Gasteiger partial charge in [-0.05, 0) is 19.4 Å². The van der Waals surface area contributed by atoms with Gasteiger partial charge in [0.2, 0.25) is 5.91 Å². The molecule has 1 aromatic carbocycles. The lowest BCUT2D eigenvalue weighted by Gasteiger charge is -2.29. The molecule has 24 heavy (non-hydrogen) atoms. The highest BCUT2D eigenvalue weighted by Crippen LogP contribution is 2.27. The van der Waals surface area contributed by atoms with Gasteiger partial charge in [0.15, 0.2) is 0 Å². The molecule has 7 nitrogen and oxygen atoms in total. The fourth-order valence-corrected chi connectivity index (χ4v) is 3.28. The minimum atomic E-state index is -1.02. The van der Waals surface area contributed by atoms with Crippen LogP contribution >= 0.6 is 0 Å². The highest BCUT2D eigenvalue weighted by Gasteiger charge is 2.47. The minimum Gasteiger partial charge on any atom is -0.339 e. The average molecular weight is 330 g/mol. The van der Waals surface area contributed by atoms with Crippen molar-refractivity contribution in [1.29, 1.82) is 0 Å². The number of amides is 4. The van der Waals surface area contributed by atoms with Crippen LogP contribution < -0.4 is 11.1 Å². The Morgan fingerprint density at radius 1 is 1.25 bits per heavy atom. The second kappa shape index (κ2) is 5.90. The zero-order valence-electron chi connectivity index (χ0n) is 13.9. The predicted molar refractivity (Wildman–Crippen MR) is 88.1 cm³/mol. The number of carbonyl (C=O) groups excluding carboxylic acids is 3. The van der Waals surface area contributed by atoms with E-state index in [0.29, 0.717) is 13.1 Å². The number of nitrogens with two attached hydrogens (primary N) is 1. The van der Waals surface area contributed by atoms with Crippen LogP contribution in [0.1, 0.15) is 25.3 Å². The lowest BCUT2D eigenvalue weighted by atomic mass is 9.95. The van der Waals surface area contributed by atoms with Gasteiger partial charge in [-0.2, -0.15) is 0 Å². The van der Waals surface area contributed by atoms with Gasteiger partial charge < -0.3 is 15.5 Å². The van der Waals surface area contributed by atoms with Crippen LogP contribution in [-0.4, -0.2) is 58.9 Å². The lowest BCUT2D eigenvalue weighted by Crippen LogP contribution is -2.49. The number of hydrogen-bond acceptors (Lipinski definition) is 4. The first-order valence-corrected chi connectivity index (χ1v) is 8.02. The number of rotatable bonds is 3. The van der Waals surface area contributed by atoms with Crippen LogP contribution in [0.4, 0.5) is 4.79 Å². The fraction of sp³-hybridized carbons (Fsp3) is 0.471. The Hall–Kier alpha value is -2.41. The Labute approximate surface area is 140 Å². The summed E-state index contributed by atoms with van der Waals surface area (Å²) in [5, 5.41) is 2.25. The summed E-state index contributed by atoms with van der Waals surface area (Å²) in [7, 11) is 0. The van der Waals surface area contributed by atoms with Gasteiger partial charge in [-0.15, -0.1) is 0 Å². The summed E-state index contributed by atoms with van der Waals surface area (Å²) in [6.07, 6.45) is 0. The molecule has 1 aromatic rings. The van der Waals surface area contributed by atoms with Gasteiger partial charge in [-0.25, -0.2) is 4.79 Å². The van der Waals surface area contributed by atoms with Gasteiger partial charge in [-0.3, -0.25) is 14.9 Å². The maximum Gasteiger partial charge on any atom is 0.325 e. The van der Waals surface area contributed by atoms with E-state index < -0.39 is 11.6 Å². The van der Waals surface area contributed by atoms with Gasteiger partial charge in [0.1, 0.15) is 12.1 Å². The molecular formula is C17H22N4O3. The van der Waals surface area contributed by atoms with Crippen molar-refractivity contribution >= 4 is 17.8 Å². The van der Waals surface area contributed by atoms with Crippen LogP contribution in [-0.2, 0) is 9.59 Å². The van der Waals surface area contributed by atoms with Crippen molar-refractivity contribution in [3.63, 3.8) is 0 Å². The number of nitrogens with zero attached hydrogens (tertiary/aromatic N) is 2. The zero-order valence-corrected chi connectivity index (χ0v) is 13.9. The maximum atomic E-state index is 12.6. The molecule has 7 heteroatoms. The summed E-state index contributed by atoms with van der Waals surface area (Å²) in [6.45, 7) is 4.10. The van der Waals surface area contributed by atoms with Crippen LogP contribution in [0.15, 0.2) is 30.3 Å². The summed E-state index contributed by atoms with van der Waals surface area (Å²) in [4.78, 5) is 39.2. The fourth-order valence-electron chi connectivity index (χ4n) is 3.28. The van der Waals surface area contributed by atoms with Crippen molar-refractivity contribution < 1.29 is 14.4 Å². The number of benzene rings is 1. The van der Waals surface area contributed by atoms with E-state index in [0.717, 1.165) is 5.56 Å². The van der Waals surface area contributed by atoms with Crippen molar-refractivity contribution in [3.05, 3.63) is 35.9 Å². The maximum absolute atomic E-state index is 12.6. The third-order valence-electron chi connectivity index (χ3n) is 4.93. The minimum absolute atomic E-state index is 0.0807. The third kappa shape index (κ3) is 2.75. The molecule has 2 atom stereocenters. The summed E-state index contributed by atoms with van der Waals surface area (Å²) in [6, 6.07) is 9.20. The van der Waals surface area contributed by atoms with Gasteiger partial charge >= 0.3 is 6.03 Å². The zero-order chi connectivity index (χ0) is 17.5. The van der Waals surface area contributed by atoms with E-state index in [1.54, 1.807) is 18.7 Å². The normalized spacial score (nSPS) is 26.0. The van der Waals surface area contributed by atoms with Crippen LogP contribution in [0.3, 0.4) is 0 Å². The summed E-state index contributed by atoms with van der Waals surface area (Å²) < 4.78 is 0. The number of hydrogen-bond donors (Lipinski definition) is 2. The first-order chi connectivity index (χ1) is 11.3. The smallest absolute Gasteiger partial charge is 0.325 e. The molecule has 2 aliphatic heterocycles. The Bertz CT molecular complexity index is 674. The standard InChI is InChI=1S/C17H22N4O3/c1-17(2)15(23)19-16(24)21(17)10-14(22)20-8-12(13(18)9-20)11-6-4-3-5-7-11/h3-7,12-13H,8-10,18H2,1-2H3,(H,19,23,24)/t12-,13+/m0/s1. The topological polar surface area (TPSA) is 95.7 Å². The van der Waals surface area contributed by atoms with E-state index in [-0.39, 0.29) is 30.3 Å². The number of carbonyl (C=O) groups is 3. The molecule has 0 aromatic heterocycles. The van der Waals surface area contributed by atoms with E-state index in [1.807, 2.05) is 30.3 Å². The Morgan fingerprint density at radius 2 is 1.92 bits per heavy atom. The molecule has 0 saturated carbocycles. The molecule has 0 bridgehead atoms. The molecule has 2 aliphatic rings. The van der Waals surface area contributed by atoms with Crippen molar-refractivity contribution in [2.24, 2.45) is 5.73 Å². The third-order valence-corrected chi connectivity index (χ3v) is 4.93. The van der Waals surface area contributed by atoms with Gasteiger partial charge in [0.25, 0.3) is 5.91 Å². The largest absolute Gasteiger partial charge is 0.339 e. The molecule has 0 unspecified atom stereocenters. The second-order valence-electron chi connectivity index (χ2n) is 6.88. The number of likely N-dealkylation sites (tertiary alicyclic amines) is 1. The summed E-state index contributed by atoms with van der Waals surface area (Å²) >= 11 is 0. The monoisotopic (exact) mass is 330 g/mol. The summed E-state index contributed by atoms with van der Waals surface area (Å²) in [5.74, 6) is -0.500. The molecule has 2 fully saturated rings. The van der Waals surface area contributed by atoms with E-state index in [2.05, 4.69) is 5.32 Å². The van der Waals surface area contributed by atoms with E-state index >= 15 is 0 Å². The molecular weight excluding hydrogens is 308 g/mol. The molecule has 4 amide bonds. The molecule has 0 aliphatic carbocycles. The van der Waals surface area contributed by atoms with Crippen LogP contribution in [0.5, 0.6) is 0 Å². The van der Waals surface area contributed by atoms with E-state index in [4.69, 9.17) is 5.73 Å². The van der Waals surface area contributed by atoms with Gasteiger partial charge in [0, 0.05) is 25.0 Å². The highest BCUT2D eigenvalue weighted by atomic mass is 16.2. The number of nitrogens with one attached hydrogen (secondary N) is 1. The molecule has 3 N–H and O–H groups in total.